The van der Waals surface area contributed by atoms with E-state index in [1.807, 2.05) is 30.0 Å². The van der Waals surface area contributed by atoms with Crippen molar-refractivity contribution in [1.29, 1.82) is 0 Å². The molecule has 2 aromatic heterocycles. The summed E-state index contributed by atoms with van der Waals surface area (Å²) < 4.78 is 39.3. The van der Waals surface area contributed by atoms with E-state index in [-0.39, 0.29) is 23.2 Å². The summed E-state index contributed by atoms with van der Waals surface area (Å²) in [7, 11) is 0. The van der Waals surface area contributed by atoms with Gasteiger partial charge < -0.3 is 10.2 Å². The van der Waals surface area contributed by atoms with Crippen LogP contribution >= 0.6 is 0 Å². The first-order chi connectivity index (χ1) is 16.7. The summed E-state index contributed by atoms with van der Waals surface area (Å²) >= 11 is 0. The van der Waals surface area contributed by atoms with E-state index in [4.69, 9.17) is 0 Å². The highest BCUT2D eigenvalue weighted by molar-refractivity contribution is 6.00. The standard InChI is InChI=1S/C26H26F3N5O/c1-17-6-7-19(23-30-11-3-12-31-23)20(14-17)24(35)34-13-10-25(8-9-25)15-18(34)16-32-22-5-2-4-21(33-22)26(27,28)29/h2-7,11-12,14,18H,8-10,13,15-16H2,1H3,(H,32,33). The zero-order valence-electron chi connectivity index (χ0n) is 19.3. The molecule has 1 spiro atoms. The molecule has 1 saturated heterocycles. The van der Waals surface area contributed by atoms with Gasteiger partial charge in [0.25, 0.3) is 5.91 Å². The van der Waals surface area contributed by atoms with Crippen LogP contribution in [0.1, 0.15) is 47.3 Å². The first-order valence-electron chi connectivity index (χ1n) is 11.7. The second kappa shape index (κ2) is 8.94. The van der Waals surface area contributed by atoms with E-state index in [9.17, 15) is 18.0 Å². The van der Waals surface area contributed by atoms with Crippen LogP contribution in [0.2, 0.25) is 0 Å². The van der Waals surface area contributed by atoms with E-state index in [1.54, 1.807) is 18.5 Å². The molecule has 5 rings (SSSR count). The normalized spacial score (nSPS) is 19.0. The molecule has 35 heavy (non-hydrogen) atoms. The monoisotopic (exact) mass is 481 g/mol. The minimum Gasteiger partial charge on any atom is -0.368 e. The summed E-state index contributed by atoms with van der Waals surface area (Å²) in [5.41, 5.74) is 1.45. The van der Waals surface area contributed by atoms with E-state index in [0.29, 0.717) is 30.0 Å². The molecule has 182 valence electrons. The van der Waals surface area contributed by atoms with Crippen molar-refractivity contribution in [3.05, 3.63) is 71.7 Å². The average molecular weight is 482 g/mol. The lowest BCUT2D eigenvalue weighted by molar-refractivity contribution is -0.141. The zero-order valence-corrected chi connectivity index (χ0v) is 19.3. The van der Waals surface area contributed by atoms with Crippen molar-refractivity contribution in [2.24, 2.45) is 5.41 Å². The number of halogens is 3. The van der Waals surface area contributed by atoms with Crippen LogP contribution in [0.4, 0.5) is 19.0 Å². The summed E-state index contributed by atoms with van der Waals surface area (Å²) in [5.74, 6) is 0.515. The molecule has 1 unspecified atom stereocenters. The maximum absolute atomic E-state index is 13.9. The van der Waals surface area contributed by atoms with Gasteiger partial charge in [-0.3, -0.25) is 4.79 Å². The van der Waals surface area contributed by atoms with Crippen LogP contribution in [0.5, 0.6) is 0 Å². The highest BCUT2D eigenvalue weighted by Crippen LogP contribution is 2.55. The van der Waals surface area contributed by atoms with E-state index in [1.165, 1.54) is 12.1 Å². The Morgan fingerprint density at radius 3 is 2.60 bits per heavy atom. The number of likely N-dealkylation sites (tertiary alicyclic amines) is 1. The number of benzene rings is 1. The Labute approximate surface area is 201 Å². The predicted octanol–water partition coefficient (Wildman–Crippen LogP) is 5.36. The largest absolute Gasteiger partial charge is 0.433 e. The van der Waals surface area contributed by atoms with E-state index >= 15 is 0 Å². The van der Waals surface area contributed by atoms with Crippen molar-refractivity contribution in [1.82, 2.24) is 19.9 Å². The molecular formula is C26H26F3N5O. The number of aromatic nitrogens is 3. The third-order valence-electron chi connectivity index (χ3n) is 6.98. The number of rotatable bonds is 5. The number of hydrogen-bond acceptors (Lipinski definition) is 5. The highest BCUT2D eigenvalue weighted by Gasteiger charge is 2.49. The Hall–Kier alpha value is -3.49. The van der Waals surface area contributed by atoms with Gasteiger partial charge in [-0.15, -0.1) is 0 Å². The quantitative estimate of drug-likeness (QED) is 0.531. The zero-order chi connectivity index (χ0) is 24.6. The van der Waals surface area contributed by atoms with Gasteiger partial charge in [-0.1, -0.05) is 23.8 Å². The second-order valence-electron chi connectivity index (χ2n) is 9.51. The molecule has 1 aliphatic carbocycles. The predicted molar refractivity (Wildman–Crippen MR) is 126 cm³/mol. The maximum atomic E-state index is 13.9. The first kappa shape index (κ1) is 23.3. The van der Waals surface area contributed by atoms with E-state index < -0.39 is 11.9 Å². The molecule has 2 fully saturated rings. The number of pyridine rings is 1. The lowest BCUT2D eigenvalue weighted by Gasteiger charge is -2.40. The van der Waals surface area contributed by atoms with Gasteiger partial charge in [0.15, 0.2) is 5.82 Å². The number of piperidine rings is 1. The minimum absolute atomic E-state index is 0.115. The number of nitrogens with zero attached hydrogens (tertiary/aromatic N) is 4. The lowest BCUT2D eigenvalue weighted by atomic mass is 9.87. The lowest BCUT2D eigenvalue weighted by Crippen LogP contribution is -2.50. The van der Waals surface area contributed by atoms with Gasteiger partial charge in [0.2, 0.25) is 0 Å². The fraction of sp³-hybridized carbons (Fsp3) is 0.385. The van der Waals surface area contributed by atoms with Gasteiger partial charge in [-0.05, 0) is 62.3 Å². The van der Waals surface area contributed by atoms with Gasteiger partial charge >= 0.3 is 6.18 Å². The van der Waals surface area contributed by atoms with Crippen molar-refractivity contribution in [2.45, 2.75) is 44.8 Å². The molecule has 2 aliphatic rings. The molecule has 1 atom stereocenters. The van der Waals surface area contributed by atoms with Gasteiger partial charge in [0, 0.05) is 37.1 Å². The van der Waals surface area contributed by atoms with E-state index in [2.05, 4.69) is 20.3 Å². The van der Waals surface area contributed by atoms with Crippen molar-refractivity contribution in [2.75, 3.05) is 18.4 Å². The number of nitrogens with one attached hydrogen (secondary N) is 1. The molecule has 1 saturated carbocycles. The maximum Gasteiger partial charge on any atom is 0.433 e. The van der Waals surface area contributed by atoms with Crippen LogP contribution in [-0.4, -0.2) is 44.9 Å². The van der Waals surface area contributed by atoms with Crippen LogP contribution in [0.15, 0.2) is 54.9 Å². The Morgan fingerprint density at radius 2 is 1.89 bits per heavy atom. The Bertz CT molecular complexity index is 1230. The number of carbonyl (C=O) groups is 1. The number of amides is 1. The van der Waals surface area contributed by atoms with Gasteiger partial charge in [-0.2, -0.15) is 13.2 Å². The Morgan fingerprint density at radius 1 is 1.11 bits per heavy atom. The molecule has 3 aromatic rings. The summed E-state index contributed by atoms with van der Waals surface area (Å²) in [4.78, 5) is 28.1. The smallest absolute Gasteiger partial charge is 0.368 e. The summed E-state index contributed by atoms with van der Waals surface area (Å²) in [5, 5.41) is 3.06. The molecule has 1 amide bonds. The number of hydrogen-bond donors (Lipinski definition) is 1. The fourth-order valence-electron chi connectivity index (χ4n) is 4.87. The third kappa shape index (κ3) is 4.99. The number of alkyl halides is 3. The van der Waals surface area contributed by atoms with Crippen molar-refractivity contribution >= 4 is 11.7 Å². The molecule has 3 heterocycles. The Balaban J connectivity index is 1.41. The van der Waals surface area contributed by atoms with Crippen LogP contribution in [0.25, 0.3) is 11.4 Å². The van der Waals surface area contributed by atoms with E-state index in [0.717, 1.165) is 37.3 Å². The van der Waals surface area contributed by atoms with Crippen molar-refractivity contribution in [3.63, 3.8) is 0 Å². The molecule has 0 radical (unpaired) electrons. The third-order valence-corrected chi connectivity index (χ3v) is 6.98. The summed E-state index contributed by atoms with van der Waals surface area (Å²) in [6, 6.07) is 11.0. The molecule has 1 aliphatic heterocycles. The van der Waals surface area contributed by atoms with Crippen LogP contribution in [0.3, 0.4) is 0 Å². The van der Waals surface area contributed by atoms with Crippen molar-refractivity contribution < 1.29 is 18.0 Å². The molecule has 0 bridgehead atoms. The molecule has 1 aromatic carbocycles. The van der Waals surface area contributed by atoms with Crippen LogP contribution < -0.4 is 5.32 Å². The SMILES string of the molecule is Cc1ccc(-c2ncccn2)c(C(=O)N2CCC3(CC3)CC2CNc2cccc(C(F)(F)F)n2)c1. The topological polar surface area (TPSA) is 71.0 Å². The Kier molecular flexibility index (Phi) is 5.94. The van der Waals surface area contributed by atoms with Crippen molar-refractivity contribution in [3.8, 4) is 11.4 Å². The summed E-state index contributed by atoms with van der Waals surface area (Å²) in [6.45, 7) is 2.86. The number of anilines is 1. The molecular weight excluding hydrogens is 455 g/mol. The molecule has 6 nitrogen and oxygen atoms in total. The number of aryl methyl sites for hydroxylation is 1. The molecule has 9 heteroatoms. The molecule has 1 N–H and O–H groups in total. The average Bonchev–Trinajstić information content (AvgIpc) is 3.61. The van der Waals surface area contributed by atoms with Crippen LogP contribution in [-0.2, 0) is 6.18 Å². The van der Waals surface area contributed by atoms with Gasteiger partial charge in [-0.25, -0.2) is 15.0 Å². The number of carbonyl (C=O) groups excluding carboxylic acids is 1. The van der Waals surface area contributed by atoms with Crippen LogP contribution in [0, 0.1) is 12.3 Å². The second-order valence-corrected chi connectivity index (χ2v) is 9.51. The minimum atomic E-state index is -4.51. The van der Waals surface area contributed by atoms with Gasteiger partial charge in [0.05, 0.1) is 5.56 Å². The van der Waals surface area contributed by atoms with Gasteiger partial charge in [0.1, 0.15) is 11.5 Å². The highest BCUT2D eigenvalue weighted by atomic mass is 19.4. The summed E-state index contributed by atoms with van der Waals surface area (Å²) in [6.07, 6.45) is 2.77. The first-order valence-corrected chi connectivity index (χ1v) is 11.7. The fourth-order valence-corrected chi connectivity index (χ4v) is 4.87.